The van der Waals surface area contributed by atoms with Crippen molar-refractivity contribution in [3.8, 4) is 0 Å². The maximum absolute atomic E-state index is 13.1. The zero-order valence-corrected chi connectivity index (χ0v) is 18.5. The third kappa shape index (κ3) is 4.29. The van der Waals surface area contributed by atoms with Crippen LogP contribution in [0, 0.1) is 11.7 Å². The lowest BCUT2D eigenvalue weighted by Crippen LogP contribution is -2.37. The Morgan fingerprint density at radius 3 is 2.38 bits per heavy atom. The van der Waals surface area contributed by atoms with Crippen LogP contribution in [0.15, 0.2) is 40.2 Å². The molecule has 1 aliphatic rings. The van der Waals surface area contributed by atoms with Crippen LogP contribution in [0.5, 0.6) is 0 Å². The Morgan fingerprint density at radius 2 is 1.69 bits per heavy atom. The van der Waals surface area contributed by atoms with Crippen molar-refractivity contribution in [1.29, 1.82) is 0 Å². The lowest BCUT2D eigenvalue weighted by molar-refractivity contribution is 0.0838. The highest BCUT2D eigenvalue weighted by Gasteiger charge is 2.25. The standard InChI is InChI=1S/C23H28FN5O3/c1-26-21-19(22(31)27(2)23(26)32)29(15-25-21)12-4-3-11-28-13-9-17(10-14-28)20(30)16-5-7-18(24)8-6-16/h5-8,15,17H,3-4,9-14H2,1-2H3. The third-order valence-corrected chi connectivity index (χ3v) is 6.43. The molecule has 0 saturated carbocycles. The second-order valence-corrected chi connectivity index (χ2v) is 8.51. The number of nitrogens with zero attached hydrogens (tertiary/aromatic N) is 5. The quantitative estimate of drug-likeness (QED) is 0.414. The third-order valence-electron chi connectivity index (χ3n) is 6.43. The number of imidazole rings is 1. The Labute approximate surface area is 184 Å². The summed E-state index contributed by atoms with van der Waals surface area (Å²) in [5, 5.41) is 0. The molecular formula is C23H28FN5O3. The molecule has 0 amide bonds. The van der Waals surface area contributed by atoms with Gasteiger partial charge in [-0.2, -0.15) is 0 Å². The van der Waals surface area contributed by atoms with Gasteiger partial charge in [0, 0.05) is 32.1 Å². The lowest BCUT2D eigenvalue weighted by atomic mass is 9.89. The fourth-order valence-electron chi connectivity index (χ4n) is 4.45. The maximum atomic E-state index is 13.1. The molecule has 0 unspecified atom stereocenters. The first-order chi connectivity index (χ1) is 15.4. The zero-order chi connectivity index (χ0) is 22.8. The van der Waals surface area contributed by atoms with E-state index in [0.717, 1.165) is 49.9 Å². The molecule has 0 spiro atoms. The number of aryl methyl sites for hydroxylation is 2. The molecule has 0 radical (unpaired) electrons. The summed E-state index contributed by atoms with van der Waals surface area (Å²) >= 11 is 0. The number of carbonyl (C=O) groups excluding carboxylic acids is 1. The molecule has 2 aromatic heterocycles. The predicted octanol–water partition coefficient (Wildman–Crippen LogP) is 1.95. The minimum absolute atomic E-state index is 0.00288. The number of ketones is 1. The molecule has 0 atom stereocenters. The Morgan fingerprint density at radius 1 is 1.03 bits per heavy atom. The number of benzene rings is 1. The van der Waals surface area contributed by atoms with E-state index in [4.69, 9.17) is 0 Å². The molecule has 3 heterocycles. The van der Waals surface area contributed by atoms with E-state index in [1.807, 2.05) is 4.57 Å². The molecule has 0 aliphatic carbocycles. The van der Waals surface area contributed by atoms with E-state index in [2.05, 4.69) is 9.88 Å². The van der Waals surface area contributed by atoms with Gasteiger partial charge in [0.15, 0.2) is 16.9 Å². The largest absolute Gasteiger partial charge is 0.332 e. The lowest BCUT2D eigenvalue weighted by Gasteiger charge is -2.31. The number of piperidine rings is 1. The molecule has 1 fully saturated rings. The Bertz CT molecular complexity index is 1230. The molecule has 1 aliphatic heterocycles. The Hall–Kier alpha value is -3.07. The number of carbonyl (C=O) groups is 1. The molecule has 1 aromatic carbocycles. The summed E-state index contributed by atoms with van der Waals surface area (Å²) in [6.07, 6.45) is 5.09. The van der Waals surface area contributed by atoms with Crippen molar-refractivity contribution >= 4 is 16.9 Å². The predicted molar refractivity (Wildman–Crippen MR) is 119 cm³/mol. The van der Waals surface area contributed by atoms with E-state index in [-0.39, 0.29) is 28.8 Å². The number of Topliss-reactive ketones (excluding diaryl/α,β-unsaturated/α-hetero) is 1. The smallest absolute Gasteiger partial charge is 0.325 e. The van der Waals surface area contributed by atoms with Gasteiger partial charge in [-0.25, -0.2) is 14.2 Å². The van der Waals surface area contributed by atoms with E-state index < -0.39 is 0 Å². The molecular weight excluding hydrogens is 413 g/mol. The van der Waals surface area contributed by atoms with Crippen molar-refractivity contribution in [2.24, 2.45) is 20.0 Å². The van der Waals surface area contributed by atoms with E-state index in [0.29, 0.717) is 23.3 Å². The second kappa shape index (κ2) is 9.20. The van der Waals surface area contributed by atoms with Crippen LogP contribution in [0.2, 0.25) is 0 Å². The van der Waals surface area contributed by atoms with Crippen LogP contribution in [0.25, 0.3) is 11.2 Å². The number of unbranched alkanes of at least 4 members (excludes halogenated alkanes) is 1. The van der Waals surface area contributed by atoms with Crippen molar-refractivity contribution < 1.29 is 9.18 Å². The summed E-state index contributed by atoms with van der Waals surface area (Å²) in [6.45, 7) is 3.33. The van der Waals surface area contributed by atoms with Crippen molar-refractivity contribution in [3.05, 3.63) is 62.8 Å². The summed E-state index contributed by atoms with van der Waals surface area (Å²) in [4.78, 5) is 43.8. The van der Waals surface area contributed by atoms with Crippen molar-refractivity contribution in [3.63, 3.8) is 0 Å². The molecule has 8 nitrogen and oxygen atoms in total. The summed E-state index contributed by atoms with van der Waals surface area (Å²) in [5.41, 5.74) is 0.740. The van der Waals surface area contributed by atoms with Gasteiger partial charge in [-0.15, -0.1) is 0 Å². The number of likely N-dealkylation sites (tertiary alicyclic amines) is 1. The number of hydrogen-bond donors (Lipinski definition) is 0. The van der Waals surface area contributed by atoms with Gasteiger partial charge >= 0.3 is 5.69 Å². The molecule has 1 saturated heterocycles. The van der Waals surface area contributed by atoms with Gasteiger partial charge in [0.2, 0.25) is 0 Å². The topological polar surface area (TPSA) is 82.1 Å². The SMILES string of the molecule is Cn1c(=O)c2c(ncn2CCCCN2CCC(C(=O)c3ccc(F)cc3)CC2)n(C)c1=O. The normalized spacial score (nSPS) is 15.5. The molecule has 170 valence electrons. The van der Waals surface area contributed by atoms with Gasteiger partial charge in [0.05, 0.1) is 6.33 Å². The number of hydrogen-bond acceptors (Lipinski definition) is 5. The van der Waals surface area contributed by atoms with Gasteiger partial charge in [-0.05, 0) is 69.6 Å². The molecule has 3 aromatic rings. The minimum Gasteiger partial charge on any atom is -0.325 e. The van der Waals surface area contributed by atoms with Crippen LogP contribution in [0.4, 0.5) is 4.39 Å². The Balaban J connectivity index is 1.27. The maximum Gasteiger partial charge on any atom is 0.332 e. The number of rotatable bonds is 7. The fraction of sp³-hybridized carbons (Fsp3) is 0.478. The van der Waals surface area contributed by atoms with E-state index in [1.165, 1.54) is 23.7 Å². The molecule has 0 N–H and O–H groups in total. The first-order valence-electron chi connectivity index (χ1n) is 11.0. The van der Waals surface area contributed by atoms with Crippen molar-refractivity contribution in [2.45, 2.75) is 32.2 Å². The van der Waals surface area contributed by atoms with Crippen LogP contribution in [-0.4, -0.2) is 49.0 Å². The first kappa shape index (κ1) is 22.1. The monoisotopic (exact) mass is 441 g/mol. The minimum atomic E-state index is -0.380. The highest BCUT2D eigenvalue weighted by atomic mass is 19.1. The van der Waals surface area contributed by atoms with Crippen LogP contribution in [-0.2, 0) is 20.6 Å². The fourth-order valence-corrected chi connectivity index (χ4v) is 4.45. The van der Waals surface area contributed by atoms with Crippen LogP contribution in [0.3, 0.4) is 0 Å². The molecule has 4 rings (SSSR count). The molecule has 0 bridgehead atoms. The summed E-state index contributed by atoms with van der Waals surface area (Å²) in [5.74, 6) is -0.228. The highest BCUT2D eigenvalue weighted by molar-refractivity contribution is 5.97. The second-order valence-electron chi connectivity index (χ2n) is 8.51. The first-order valence-corrected chi connectivity index (χ1v) is 11.0. The average molecular weight is 442 g/mol. The molecule has 9 heteroatoms. The van der Waals surface area contributed by atoms with E-state index in [1.54, 1.807) is 25.5 Å². The highest BCUT2D eigenvalue weighted by Crippen LogP contribution is 2.22. The van der Waals surface area contributed by atoms with Gasteiger partial charge in [-0.3, -0.25) is 18.7 Å². The molecule has 32 heavy (non-hydrogen) atoms. The van der Waals surface area contributed by atoms with E-state index in [9.17, 15) is 18.8 Å². The van der Waals surface area contributed by atoms with Crippen molar-refractivity contribution in [1.82, 2.24) is 23.6 Å². The summed E-state index contributed by atoms with van der Waals surface area (Å²) in [6, 6.07) is 5.80. The number of fused-ring (bicyclic) bond motifs is 1. The number of aromatic nitrogens is 4. The van der Waals surface area contributed by atoms with Crippen molar-refractivity contribution in [2.75, 3.05) is 19.6 Å². The van der Waals surface area contributed by atoms with Crippen LogP contribution >= 0.6 is 0 Å². The summed E-state index contributed by atoms with van der Waals surface area (Å²) in [7, 11) is 3.10. The number of halogens is 1. The van der Waals surface area contributed by atoms with Crippen LogP contribution < -0.4 is 11.2 Å². The van der Waals surface area contributed by atoms with E-state index >= 15 is 0 Å². The average Bonchev–Trinajstić information content (AvgIpc) is 3.23. The van der Waals surface area contributed by atoms with Gasteiger partial charge < -0.3 is 9.47 Å². The van der Waals surface area contributed by atoms with Gasteiger partial charge in [0.25, 0.3) is 5.56 Å². The van der Waals surface area contributed by atoms with Crippen LogP contribution in [0.1, 0.15) is 36.0 Å². The van der Waals surface area contributed by atoms with Gasteiger partial charge in [0.1, 0.15) is 5.82 Å². The Kier molecular flexibility index (Phi) is 6.36. The zero-order valence-electron chi connectivity index (χ0n) is 18.5. The van der Waals surface area contributed by atoms with Gasteiger partial charge in [-0.1, -0.05) is 0 Å². The summed E-state index contributed by atoms with van der Waals surface area (Å²) < 4.78 is 17.4.